The zero-order chi connectivity index (χ0) is 14.8. The second-order valence-electron chi connectivity index (χ2n) is 5.19. The SMILES string of the molecule is CCn1nc(C)cc1C(NC)c1cccc2cnccc12. The molecule has 0 amide bonds. The van der Waals surface area contributed by atoms with Crippen LogP contribution in [0.3, 0.4) is 0 Å². The molecule has 0 aliphatic carbocycles. The number of benzene rings is 1. The van der Waals surface area contributed by atoms with Gasteiger partial charge in [0.05, 0.1) is 17.4 Å². The summed E-state index contributed by atoms with van der Waals surface area (Å²) >= 11 is 0. The second kappa shape index (κ2) is 5.66. The first-order chi connectivity index (χ1) is 10.2. The second-order valence-corrected chi connectivity index (χ2v) is 5.19. The molecule has 0 fully saturated rings. The molecular formula is C17H20N4. The van der Waals surface area contributed by atoms with Crippen LogP contribution in [0, 0.1) is 6.92 Å². The van der Waals surface area contributed by atoms with Crippen LogP contribution in [0.5, 0.6) is 0 Å². The number of fused-ring (bicyclic) bond motifs is 1. The molecule has 1 N–H and O–H groups in total. The zero-order valence-corrected chi connectivity index (χ0v) is 12.7. The van der Waals surface area contributed by atoms with Gasteiger partial charge >= 0.3 is 0 Å². The van der Waals surface area contributed by atoms with E-state index in [9.17, 15) is 0 Å². The van der Waals surface area contributed by atoms with Crippen LogP contribution in [-0.2, 0) is 6.54 Å². The highest BCUT2D eigenvalue weighted by Gasteiger charge is 2.19. The quantitative estimate of drug-likeness (QED) is 0.798. The van der Waals surface area contributed by atoms with Crippen molar-refractivity contribution in [1.82, 2.24) is 20.1 Å². The molecule has 4 heteroatoms. The Morgan fingerprint density at radius 1 is 1.29 bits per heavy atom. The van der Waals surface area contributed by atoms with E-state index in [-0.39, 0.29) is 6.04 Å². The predicted molar refractivity (Wildman–Crippen MR) is 85.3 cm³/mol. The van der Waals surface area contributed by atoms with Crippen molar-refractivity contribution >= 4 is 10.8 Å². The normalized spacial score (nSPS) is 12.7. The van der Waals surface area contributed by atoms with Gasteiger partial charge in [-0.15, -0.1) is 0 Å². The number of aryl methyl sites for hydroxylation is 2. The smallest absolute Gasteiger partial charge is 0.0752 e. The third-order valence-corrected chi connectivity index (χ3v) is 3.84. The number of nitrogens with one attached hydrogen (secondary N) is 1. The standard InChI is InChI=1S/C17H20N4/c1-4-21-16(10-12(2)20-21)17(18-3)15-7-5-6-13-11-19-9-8-14(13)15/h5-11,17-18H,4H2,1-3H3. The van der Waals surface area contributed by atoms with Gasteiger partial charge < -0.3 is 5.32 Å². The third kappa shape index (κ3) is 2.43. The summed E-state index contributed by atoms with van der Waals surface area (Å²) in [4.78, 5) is 4.21. The topological polar surface area (TPSA) is 42.7 Å². The maximum absolute atomic E-state index is 4.57. The van der Waals surface area contributed by atoms with Crippen molar-refractivity contribution in [2.75, 3.05) is 7.05 Å². The van der Waals surface area contributed by atoms with Gasteiger partial charge in [0.1, 0.15) is 0 Å². The Bertz CT molecular complexity index is 755. The average molecular weight is 280 g/mol. The molecule has 1 unspecified atom stereocenters. The van der Waals surface area contributed by atoms with Gasteiger partial charge in [-0.3, -0.25) is 9.67 Å². The predicted octanol–water partition coefficient (Wildman–Crippen LogP) is 3.07. The van der Waals surface area contributed by atoms with E-state index in [1.54, 1.807) is 0 Å². The van der Waals surface area contributed by atoms with E-state index in [4.69, 9.17) is 0 Å². The molecule has 1 aromatic carbocycles. The van der Waals surface area contributed by atoms with Gasteiger partial charge in [-0.1, -0.05) is 18.2 Å². The number of pyridine rings is 1. The minimum absolute atomic E-state index is 0.122. The van der Waals surface area contributed by atoms with E-state index in [0.717, 1.165) is 17.6 Å². The van der Waals surface area contributed by atoms with E-state index in [0.29, 0.717) is 0 Å². The molecule has 21 heavy (non-hydrogen) atoms. The first kappa shape index (κ1) is 13.8. The highest BCUT2D eigenvalue weighted by Crippen LogP contribution is 2.28. The van der Waals surface area contributed by atoms with Crippen molar-refractivity contribution in [3.05, 3.63) is 59.7 Å². The number of hydrogen-bond donors (Lipinski definition) is 1. The van der Waals surface area contributed by atoms with Crippen LogP contribution in [0.2, 0.25) is 0 Å². The summed E-state index contributed by atoms with van der Waals surface area (Å²) in [6, 6.07) is 10.7. The number of nitrogens with zero attached hydrogens (tertiary/aromatic N) is 3. The summed E-state index contributed by atoms with van der Waals surface area (Å²) < 4.78 is 2.07. The Hall–Kier alpha value is -2.20. The van der Waals surface area contributed by atoms with E-state index in [1.165, 1.54) is 16.6 Å². The molecule has 0 saturated heterocycles. The highest BCUT2D eigenvalue weighted by molar-refractivity contribution is 5.85. The molecule has 1 atom stereocenters. The van der Waals surface area contributed by atoms with Crippen molar-refractivity contribution in [2.24, 2.45) is 0 Å². The molecule has 3 aromatic rings. The van der Waals surface area contributed by atoms with Gasteiger partial charge in [0, 0.05) is 24.3 Å². The molecule has 3 rings (SSSR count). The molecule has 2 aromatic heterocycles. The summed E-state index contributed by atoms with van der Waals surface area (Å²) in [5.74, 6) is 0. The lowest BCUT2D eigenvalue weighted by molar-refractivity contribution is 0.563. The molecule has 0 aliphatic heterocycles. The minimum Gasteiger partial charge on any atom is -0.308 e. The van der Waals surface area contributed by atoms with Gasteiger partial charge in [0.2, 0.25) is 0 Å². The Labute approximate surface area is 124 Å². The molecule has 0 spiro atoms. The highest BCUT2D eigenvalue weighted by atomic mass is 15.3. The summed E-state index contributed by atoms with van der Waals surface area (Å²) in [5, 5.41) is 10.4. The first-order valence-corrected chi connectivity index (χ1v) is 7.29. The van der Waals surface area contributed by atoms with Gasteiger partial charge in [0.15, 0.2) is 0 Å². The van der Waals surface area contributed by atoms with Crippen LogP contribution in [0.1, 0.15) is 29.9 Å². The van der Waals surface area contributed by atoms with E-state index >= 15 is 0 Å². The fraction of sp³-hybridized carbons (Fsp3) is 0.294. The Morgan fingerprint density at radius 3 is 2.90 bits per heavy atom. The largest absolute Gasteiger partial charge is 0.308 e. The van der Waals surface area contributed by atoms with Crippen molar-refractivity contribution in [1.29, 1.82) is 0 Å². The fourth-order valence-corrected chi connectivity index (χ4v) is 2.91. The molecule has 2 heterocycles. The molecule has 108 valence electrons. The number of aromatic nitrogens is 3. The number of rotatable bonds is 4. The van der Waals surface area contributed by atoms with E-state index < -0.39 is 0 Å². The molecule has 4 nitrogen and oxygen atoms in total. The average Bonchev–Trinajstić information content (AvgIpc) is 2.89. The summed E-state index contributed by atoms with van der Waals surface area (Å²) in [5.41, 5.74) is 3.50. The molecular weight excluding hydrogens is 260 g/mol. The van der Waals surface area contributed by atoms with E-state index in [1.807, 2.05) is 26.4 Å². The monoisotopic (exact) mass is 280 g/mol. The first-order valence-electron chi connectivity index (χ1n) is 7.29. The van der Waals surface area contributed by atoms with Crippen LogP contribution in [-0.4, -0.2) is 21.8 Å². The summed E-state index contributed by atoms with van der Waals surface area (Å²) in [6.45, 7) is 5.03. The van der Waals surface area contributed by atoms with Crippen LogP contribution in [0.15, 0.2) is 42.7 Å². The van der Waals surface area contributed by atoms with Crippen molar-refractivity contribution in [3.8, 4) is 0 Å². The van der Waals surface area contributed by atoms with Crippen molar-refractivity contribution in [3.63, 3.8) is 0 Å². The lowest BCUT2D eigenvalue weighted by Gasteiger charge is -2.19. The Kier molecular flexibility index (Phi) is 3.71. The van der Waals surface area contributed by atoms with Crippen molar-refractivity contribution < 1.29 is 0 Å². The molecule has 0 radical (unpaired) electrons. The zero-order valence-electron chi connectivity index (χ0n) is 12.7. The summed E-state index contributed by atoms with van der Waals surface area (Å²) in [6.07, 6.45) is 3.76. The minimum atomic E-state index is 0.122. The van der Waals surface area contributed by atoms with Crippen molar-refractivity contribution in [2.45, 2.75) is 26.4 Å². The van der Waals surface area contributed by atoms with E-state index in [2.05, 4.69) is 57.3 Å². The Morgan fingerprint density at radius 2 is 2.14 bits per heavy atom. The van der Waals surface area contributed by atoms with Gasteiger partial charge in [-0.25, -0.2) is 0 Å². The molecule has 0 saturated carbocycles. The maximum Gasteiger partial charge on any atom is 0.0752 e. The lowest BCUT2D eigenvalue weighted by Crippen LogP contribution is -2.21. The van der Waals surface area contributed by atoms with Gasteiger partial charge in [0.25, 0.3) is 0 Å². The molecule has 0 bridgehead atoms. The van der Waals surface area contributed by atoms with Crippen LogP contribution < -0.4 is 5.32 Å². The van der Waals surface area contributed by atoms with Crippen LogP contribution in [0.25, 0.3) is 10.8 Å². The number of hydrogen-bond acceptors (Lipinski definition) is 3. The van der Waals surface area contributed by atoms with Gasteiger partial charge in [-0.2, -0.15) is 5.10 Å². The molecule has 0 aliphatic rings. The third-order valence-electron chi connectivity index (χ3n) is 3.84. The maximum atomic E-state index is 4.57. The van der Waals surface area contributed by atoms with Crippen LogP contribution >= 0.6 is 0 Å². The summed E-state index contributed by atoms with van der Waals surface area (Å²) in [7, 11) is 1.99. The van der Waals surface area contributed by atoms with Gasteiger partial charge in [-0.05, 0) is 44.0 Å². The fourth-order valence-electron chi connectivity index (χ4n) is 2.91. The lowest BCUT2D eigenvalue weighted by atomic mass is 9.97. The van der Waals surface area contributed by atoms with Crippen LogP contribution in [0.4, 0.5) is 0 Å². The Balaban J connectivity index is 2.18.